The Morgan fingerprint density at radius 2 is 1.56 bits per heavy atom. The van der Waals surface area contributed by atoms with Crippen LogP contribution in [-0.2, 0) is 20.7 Å². The highest BCUT2D eigenvalue weighted by molar-refractivity contribution is 5.75. The number of benzene rings is 2. The number of aromatic amines is 1. The third-order valence-electron chi connectivity index (χ3n) is 6.12. The lowest BCUT2D eigenvalue weighted by atomic mass is 9.86. The molecule has 8 heteroatoms. The van der Waals surface area contributed by atoms with Gasteiger partial charge in [0, 0.05) is 5.56 Å². The van der Waals surface area contributed by atoms with E-state index < -0.39 is 23.4 Å². The van der Waals surface area contributed by atoms with Crippen LogP contribution >= 0.6 is 0 Å². The number of nitrogens with zero attached hydrogens (tertiary/aromatic N) is 3. The smallest absolute Gasteiger partial charge is 0.309 e. The first-order valence-electron chi connectivity index (χ1n) is 12.5. The predicted molar refractivity (Wildman–Crippen MR) is 138 cm³/mol. The van der Waals surface area contributed by atoms with E-state index in [9.17, 15) is 14.7 Å². The first-order valence-corrected chi connectivity index (χ1v) is 12.5. The Hall–Kier alpha value is -3.55. The number of rotatable bonds is 12. The van der Waals surface area contributed by atoms with Crippen LogP contribution in [0.4, 0.5) is 0 Å². The predicted octanol–water partition coefficient (Wildman–Crippen LogP) is 5.71. The molecule has 0 unspecified atom stereocenters. The maximum atomic E-state index is 12.7. The van der Waals surface area contributed by atoms with Crippen LogP contribution in [0.2, 0.25) is 0 Å². The Labute approximate surface area is 212 Å². The van der Waals surface area contributed by atoms with Crippen LogP contribution < -0.4 is 0 Å². The summed E-state index contributed by atoms with van der Waals surface area (Å²) in [6, 6.07) is 16.1. The summed E-state index contributed by atoms with van der Waals surface area (Å²) < 4.78 is 5.58. The zero-order valence-corrected chi connectivity index (χ0v) is 21.5. The molecule has 0 aliphatic rings. The highest BCUT2D eigenvalue weighted by Gasteiger charge is 2.30. The largest absolute Gasteiger partial charge is 0.481 e. The number of hydrogen-bond donors (Lipinski definition) is 2. The number of esters is 1. The quantitative estimate of drug-likeness (QED) is 0.311. The van der Waals surface area contributed by atoms with Crippen molar-refractivity contribution in [2.45, 2.75) is 71.8 Å². The number of aliphatic carboxylic acids is 1. The molecule has 3 rings (SSSR count). The molecule has 36 heavy (non-hydrogen) atoms. The van der Waals surface area contributed by atoms with Gasteiger partial charge in [0.2, 0.25) is 5.82 Å². The Kier molecular flexibility index (Phi) is 9.33. The molecule has 192 valence electrons. The number of unbranched alkanes of at least 4 members (excludes halogenated alkanes) is 1. The van der Waals surface area contributed by atoms with Crippen LogP contribution in [0.3, 0.4) is 0 Å². The fourth-order valence-electron chi connectivity index (χ4n) is 4.15. The first-order chi connectivity index (χ1) is 17.2. The number of carboxylic acid groups (broad SMARTS) is 1. The molecule has 3 aromatic rings. The van der Waals surface area contributed by atoms with Gasteiger partial charge in [-0.25, -0.2) is 0 Å². The second-order valence-corrected chi connectivity index (χ2v) is 10.2. The first kappa shape index (κ1) is 27.0. The van der Waals surface area contributed by atoms with E-state index in [-0.39, 0.29) is 5.97 Å². The van der Waals surface area contributed by atoms with Gasteiger partial charge in [-0.3, -0.25) is 9.59 Å². The Bertz CT molecular complexity index is 1100. The van der Waals surface area contributed by atoms with Crippen LogP contribution in [0.15, 0.2) is 48.5 Å². The van der Waals surface area contributed by atoms with Gasteiger partial charge in [-0.15, -0.1) is 10.2 Å². The molecule has 2 aromatic carbocycles. The molecule has 8 nitrogen and oxygen atoms in total. The normalized spacial score (nSPS) is 13.2. The second kappa shape index (κ2) is 12.4. The molecular formula is C28H36N4O4. The zero-order valence-electron chi connectivity index (χ0n) is 21.5. The van der Waals surface area contributed by atoms with Crippen molar-refractivity contribution in [2.75, 3.05) is 0 Å². The standard InChI is InChI=1S/C28H36N4O4/c1-5-6-7-24(27(35)36-28(2,3)4)18-23(26(33)34)13-10-19-8-11-20(12-9-19)21-14-16-22(17-15-21)25-29-31-32-30-25/h8-9,11-12,14-17,23-24H,5-7,10,13,18H2,1-4H3,(H,33,34)(H,29,30,31,32)/t23-,24-/m0/s1. The number of aryl methyl sites for hydroxylation is 1. The van der Waals surface area contributed by atoms with Gasteiger partial charge in [0.05, 0.1) is 11.8 Å². The van der Waals surface area contributed by atoms with E-state index in [1.54, 1.807) is 0 Å². The fraction of sp³-hybridized carbons (Fsp3) is 0.464. The monoisotopic (exact) mass is 492 g/mol. The fourth-order valence-corrected chi connectivity index (χ4v) is 4.15. The molecule has 0 aliphatic carbocycles. The molecule has 0 fully saturated rings. The summed E-state index contributed by atoms with van der Waals surface area (Å²) in [5, 5.41) is 23.9. The number of tetrazole rings is 1. The van der Waals surface area contributed by atoms with E-state index >= 15 is 0 Å². The lowest BCUT2D eigenvalue weighted by molar-refractivity contribution is -0.161. The lowest BCUT2D eigenvalue weighted by Gasteiger charge is -2.25. The third kappa shape index (κ3) is 8.00. The molecule has 0 radical (unpaired) electrons. The van der Waals surface area contributed by atoms with Gasteiger partial charge in [-0.2, -0.15) is 5.21 Å². The maximum Gasteiger partial charge on any atom is 0.309 e. The van der Waals surface area contributed by atoms with Gasteiger partial charge in [-0.05, 0) is 68.4 Å². The Morgan fingerprint density at radius 1 is 0.944 bits per heavy atom. The number of hydrogen-bond acceptors (Lipinski definition) is 6. The van der Waals surface area contributed by atoms with Crippen molar-refractivity contribution < 1.29 is 19.4 Å². The highest BCUT2D eigenvalue weighted by atomic mass is 16.6. The summed E-state index contributed by atoms with van der Waals surface area (Å²) in [7, 11) is 0. The third-order valence-corrected chi connectivity index (χ3v) is 6.12. The molecule has 2 atom stereocenters. The molecule has 0 bridgehead atoms. The summed E-state index contributed by atoms with van der Waals surface area (Å²) in [4.78, 5) is 24.8. The molecule has 1 aromatic heterocycles. The minimum atomic E-state index is -0.863. The Balaban J connectivity index is 1.62. The molecule has 0 saturated carbocycles. The van der Waals surface area contributed by atoms with Gasteiger partial charge in [0.1, 0.15) is 5.60 Å². The van der Waals surface area contributed by atoms with Crippen LogP contribution in [0.5, 0.6) is 0 Å². The van der Waals surface area contributed by atoms with E-state index in [0.717, 1.165) is 35.1 Å². The van der Waals surface area contributed by atoms with Crippen molar-refractivity contribution in [1.82, 2.24) is 20.6 Å². The van der Waals surface area contributed by atoms with E-state index in [2.05, 4.69) is 27.5 Å². The van der Waals surface area contributed by atoms with Gasteiger partial charge in [0.25, 0.3) is 0 Å². The Morgan fingerprint density at radius 3 is 2.08 bits per heavy atom. The van der Waals surface area contributed by atoms with Crippen molar-refractivity contribution in [2.24, 2.45) is 11.8 Å². The number of carbonyl (C=O) groups is 2. The van der Waals surface area contributed by atoms with Gasteiger partial charge < -0.3 is 9.84 Å². The van der Waals surface area contributed by atoms with Crippen molar-refractivity contribution in [1.29, 1.82) is 0 Å². The molecule has 1 heterocycles. The summed E-state index contributed by atoms with van der Waals surface area (Å²) in [5.74, 6) is -1.61. The van der Waals surface area contributed by atoms with Gasteiger partial charge >= 0.3 is 11.9 Å². The average molecular weight is 493 g/mol. The van der Waals surface area contributed by atoms with E-state index in [1.807, 2.05) is 69.3 Å². The van der Waals surface area contributed by atoms with Gasteiger partial charge in [0.15, 0.2) is 0 Å². The van der Waals surface area contributed by atoms with Crippen LogP contribution in [-0.4, -0.2) is 43.3 Å². The molecule has 2 N–H and O–H groups in total. The topological polar surface area (TPSA) is 118 Å². The number of carbonyl (C=O) groups excluding carboxylic acids is 1. The van der Waals surface area contributed by atoms with Crippen molar-refractivity contribution >= 4 is 11.9 Å². The van der Waals surface area contributed by atoms with E-state index in [4.69, 9.17) is 4.74 Å². The molecular weight excluding hydrogens is 456 g/mol. The van der Waals surface area contributed by atoms with E-state index in [0.29, 0.717) is 31.5 Å². The number of ether oxygens (including phenoxy) is 1. The number of H-pyrrole nitrogens is 1. The van der Waals surface area contributed by atoms with Crippen LogP contribution in [0, 0.1) is 11.8 Å². The minimum Gasteiger partial charge on any atom is -0.481 e. The summed E-state index contributed by atoms with van der Waals surface area (Å²) in [5.41, 5.74) is 3.49. The number of aromatic nitrogens is 4. The maximum absolute atomic E-state index is 12.7. The van der Waals surface area contributed by atoms with Crippen LogP contribution in [0.1, 0.15) is 65.4 Å². The number of nitrogens with one attached hydrogen (secondary N) is 1. The van der Waals surface area contributed by atoms with Crippen molar-refractivity contribution in [3.05, 3.63) is 54.1 Å². The van der Waals surface area contributed by atoms with Crippen molar-refractivity contribution in [3.63, 3.8) is 0 Å². The zero-order chi connectivity index (χ0) is 26.1. The second-order valence-electron chi connectivity index (χ2n) is 10.2. The summed E-state index contributed by atoms with van der Waals surface area (Å²) >= 11 is 0. The molecule has 0 aliphatic heterocycles. The highest BCUT2D eigenvalue weighted by Crippen LogP contribution is 2.27. The number of carboxylic acids is 1. The average Bonchev–Trinajstić information content (AvgIpc) is 3.38. The van der Waals surface area contributed by atoms with Gasteiger partial charge in [-0.1, -0.05) is 68.3 Å². The van der Waals surface area contributed by atoms with Crippen LogP contribution in [0.25, 0.3) is 22.5 Å². The summed E-state index contributed by atoms with van der Waals surface area (Å²) in [6.07, 6.45) is 3.86. The van der Waals surface area contributed by atoms with Crippen molar-refractivity contribution in [3.8, 4) is 22.5 Å². The SMILES string of the molecule is CCCC[C@@H](C[C@H](CCc1ccc(-c2ccc(-c3nn[nH]n3)cc2)cc1)C(=O)O)C(=O)OC(C)(C)C. The molecule has 0 spiro atoms. The van der Waals surface area contributed by atoms with E-state index in [1.165, 1.54) is 0 Å². The lowest BCUT2D eigenvalue weighted by Crippen LogP contribution is -2.31. The minimum absolute atomic E-state index is 0.295. The molecule has 0 amide bonds. The molecule has 0 saturated heterocycles. The summed E-state index contributed by atoms with van der Waals surface area (Å²) in [6.45, 7) is 7.57.